The van der Waals surface area contributed by atoms with Gasteiger partial charge in [-0.2, -0.15) is 0 Å². The lowest BCUT2D eigenvalue weighted by atomic mass is 10.0. The first-order valence-corrected chi connectivity index (χ1v) is 11.3. The number of benzene rings is 1. The van der Waals surface area contributed by atoms with Gasteiger partial charge in [0.1, 0.15) is 5.82 Å². The predicted molar refractivity (Wildman–Crippen MR) is 141 cm³/mol. The van der Waals surface area contributed by atoms with Crippen molar-refractivity contribution in [1.82, 2.24) is 20.1 Å². The summed E-state index contributed by atoms with van der Waals surface area (Å²) < 4.78 is 5.57. The molecule has 32 heavy (non-hydrogen) atoms. The van der Waals surface area contributed by atoms with E-state index in [1.165, 1.54) is 5.56 Å². The number of anilines is 1. The number of nitrogens with one attached hydrogen (secondary N) is 1. The van der Waals surface area contributed by atoms with Crippen molar-refractivity contribution in [1.29, 1.82) is 0 Å². The number of ether oxygens (including phenoxy) is 1. The van der Waals surface area contributed by atoms with Crippen molar-refractivity contribution in [3.05, 3.63) is 59.2 Å². The van der Waals surface area contributed by atoms with Crippen LogP contribution in [0.15, 0.2) is 53.7 Å². The molecule has 0 saturated carbocycles. The topological polar surface area (TPSA) is 56.2 Å². The van der Waals surface area contributed by atoms with Crippen LogP contribution in [0.4, 0.5) is 5.82 Å². The fourth-order valence-electron chi connectivity index (χ4n) is 4.24. The number of nitrogens with zero attached hydrogens (tertiary/aromatic N) is 5. The van der Waals surface area contributed by atoms with Crippen molar-refractivity contribution in [2.75, 3.05) is 71.0 Å². The highest BCUT2D eigenvalue weighted by Gasteiger charge is 2.25. The summed E-state index contributed by atoms with van der Waals surface area (Å²) in [5.41, 5.74) is 1.26. The maximum Gasteiger partial charge on any atom is 0.193 e. The largest absolute Gasteiger partial charge is 0.379 e. The Bertz CT molecular complexity index is 839. The van der Waals surface area contributed by atoms with Crippen LogP contribution < -0.4 is 10.2 Å². The Labute approximate surface area is 212 Å². The molecule has 1 aromatic carbocycles. The SMILES string of the molecule is CN=C(NCC(c1ccc(Cl)cc1)N1CCOCC1)N1CCN(c2ccccn2)CC1.I. The lowest BCUT2D eigenvalue weighted by Crippen LogP contribution is -2.54. The van der Waals surface area contributed by atoms with Crippen LogP contribution in [0.3, 0.4) is 0 Å². The molecule has 0 spiro atoms. The molecule has 0 bridgehead atoms. The van der Waals surface area contributed by atoms with Crippen molar-refractivity contribution in [2.45, 2.75) is 6.04 Å². The number of guanidine groups is 1. The molecule has 0 amide bonds. The van der Waals surface area contributed by atoms with Gasteiger partial charge >= 0.3 is 0 Å². The van der Waals surface area contributed by atoms with Gasteiger partial charge < -0.3 is 19.9 Å². The van der Waals surface area contributed by atoms with E-state index >= 15 is 0 Å². The Kier molecular flexibility index (Phi) is 9.83. The van der Waals surface area contributed by atoms with Gasteiger partial charge in [-0.25, -0.2) is 4.98 Å². The van der Waals surface area contributed by atoms with Crippen LogP contribution in [0.2, 0.25) is 5.02 Å². The molecule has 174 valence electrons. The monoisotopic (exact) mass is 570 g/mol. The van der Waals surface area contributed by atoms with Crippen LogP contribution >= 0.6 is 35.6 Å². The summed E-state index contributed by atoms with van der Waals surface area (Å²) in [5, 5.41) is 4.39. The molecule has 4 rings (SSSR count). The maximum atomic E-state index is 6.13. The van der Waals surface area contributed by atoms with Crippen LogP contribution in [0, 0.1) is 0 Å². The molecule has 7 nitrogen and oxygen atoms in total. The molecule has 3 heterocycles. The molecule has 1 aromatic heterocycles. The van der Waals surface area contributed by atoms with Gasteiger partial charge in [-0.1, -0.05) is 29.8 Å². The molecular weight excluding hydrogens is 539 g/mol. The Hall–Kier alpha value is -1.62. The van der Waals surface area contributed by atoms with E-state index in [4.69, 9.17) is 16.3 Å². The number of pyridine rings is 1. The van der Waals surface area contributed by atoms with Crippen molar-refractivity contribution in [3.8, 4) is 0 Å². The van der Waals surface area contributed by atoms with E-state index in [-0.39, 0.29) is 30.0 Å². The van der Waals surface area contributed by atoms with Gasteiger partial charge in [0.25, 0.3) is 0 Å². The normalized spacial score (nSPS) is 18.8. The number of morpholine rings is 1. The average molecular weight is 571 g/mol. The summed E-state index contributed by atoms with van der Waals surface area (Å²) in [5.74, 6) is 1.99. The smallest absolute Gasteiger partial charge is 0.193 e. The Morgan fingerprint density at radius 1 is 1.06 bits per heavy atom. The first-order valence-electron chi connectivity index (χ1n) is 10.9. The van der Waals surface area contributed by atoms with Crippen molar-refractivity contribution in [2.24, 2.45) is 4.99 Å². The summed E-state index contributed by atoms with van der Waals surface area (Å²) in [6.45, 7) is 7.88. The zero-order valence-electron chi connectivity index (χ0n) is 18.5. The van der Waals surface area contributed by atoms with Gasteiger partial charge in [0.05, 0.1) is 19.3 Å². The molecule has 2 saturated heterocycles. The number of rotatable bonds is 5. The summed E-state index contributed by atoms with van der Waals surface area (Å²) in [4.78, 5) is 16.2. The van der Waals surface area contributed by atoms with Gasteiger partial charge in [0.2, 0.25) is 0 Å². The van der Waals surface area contributed by atoms with Crippen LogP contribution in [0.1, 0.15) is 11.6 Å². The third-order valence-corrected chi connectivity index (χ3v) is 6.21. The quantitative estimate of drug-likeness (QED) is 0.339. The van der Waals surface area contributed by atoms with Crippen LogP contribution in [0.5, 0.6) is 0 Å². The first-order chi connectivity index (χ1) is 15.2. The van der Waals surface area contributed by atoms with Crippen molar-refractivity contribution < 1.29 is 4.74 Å². The fourth-order valence-corrected chi connectivity index (χ4v) is 4.37. The third kappa shape index (κ3) is 6.46. The van der Waals surface area contributed by atoms with E-state index in [0.717, 1.165) is 75.8 Å². The summed E-state index contributed by atoms with van der Waals surface area (Å²) in [7, 11) is 1.86. The Morgan fingerprint density at radius 2 is 1.78 bits per heavy atom. The molecule has 1 N–H and O–H groups in total. The molecule has 1 atom stereocenters. The zero-order valence-corrected chi connectivity index (χ0v) is 21.6. The van der Waals surface area contributed by atoms with E-state index < -0.39 is 0 Å². The van der Waals surface area contributed by atoms with Crippen LogP contribution in [-0.2, 0) is 4.74 Å². The molecule has 1 unspecified atom stereocenters. The number of halogens is 2. The maximum absolute atomic E-state index is 6.13. The minimum Gasteiger partial charge on any atom is -0.379 e. The van der Waals surface area contributed by atoms with Gasteiger partial charge in [-0.3, -0.25) is 9.89 Å². The number of piperazine rings is 1. The summed E-state index contributed by atoms with van der Waals surface area (Å²) in [6, 6.07) is 14.5. The van der Waals surface area contributed by atoms with Crippen LogP contribution in [-0.4, -0.2) is 86.8 Å². The molecule has 9 heteroatoms. The predicted octanol–water partition coefficient (Wildman–Crippen LogP) is 3.12. The van der Waals surface area contributed by atoms with Gasteiger partial charge in [-0.15, -0.1) is 24.0 Å². The van der Waals surface area contributed by atoms with E-state index in [2.05, 4.69) is 48.2 Å². The van der Waals surface area contributed by atoms with E-state index in [0.29, 0.717) is 0 Å². The number of aliphatic imine (C=N–C) groups is 1. The standard InChI is InChI=1S/C23H31ClN6O.HI/c1-25-23(30-12-10-29(11-13-30)22-4-2-3-9-26-22)27-18-21(28-14-16-31-17-15-28)19-5-7-20(24)8-6-19;/h2-9,21H,10-18H2,1H3,(H,25,27);1H. The summed E-state index contributed by atoms with van der Waals surface area (Å²) in [6.07, 6.45) is 1.85. The van der Waals surface area contributed by atoms with Gasteiger partial charge in [0.15, 0.2) is 5.96 Å². The van der Waals surface area contributed by atoms with Crippen molar-refractivity contribution >= 4 is 47.4 Å². The second-order valence-electron chi connectivity index (χ2n) is 7.81. The second kappa shape index (κ2) is 12.6. The Morgan fingerprint density at radius 3 is 2.41 bits per heavy atom. The molecule has 2 aromatic rings. The fraction of sp³-hybridized carbons (Fsp3) is 0.478. The lowest BCUT2D eigenvalue weighted by Gasteiger charge is -2.39. The first kappa shape index (κ1) is 25.0. The minimum absolute atomic E-state index is 0. The van der Waals surface area contributed by atoms with E-state index in [1.807, 2.05) is 37.5 Å². The highest BCUT2D eigenvalue weighted by atomic mass is 127. The molecule has 0 aliphatic carbocycles. The lowest BCUT2D eigenvalue weighted by molar-refractivity contribution is 0.0169. The Balaban J connectivity index is 0.00000289. The average Bonchev–Trinajstić information content (AvgIpc) is 2.84. The molecule has 2 fully saturated rings. The highest BCUT2D eigenvalue weighted by Crippen LogP contribution is 2.23. The van der Waals surface area contributed by atoms with Gasteiger partial charge in [-0.05, 0) is 29.8 Å². The molecular formula is C23H32ClIN6O. The zero-order chi connectivity index (χ0) is 21.5. The third-order valence-electron chi connectivity index (χ3n) is 5.96. The molecule has 2 aliphatic rings. The van der Waals surface area contributed by atoms with E-state index in [1.54, 1.807) is 0 Å². The number of hydrogen-bond donors (Lipinski definition) is 1. The molecule has 0 radical (unpaired) electrons. The van der Waals surface area contributed by atoms with Crippen molar-refractivity contribution in [3.63, 3.8) is 0 Å². The van der Waals surface area contributed by atoms with Gasteiger partial charge in [0, 0.05) is 64.1 Å². The minimum atomic E-state index is 0. The molecule has 2 aliphatic heterocycles. The van der Waals surface area contributed by atoms with Crippen LogP contribution in [0.25, 0.3) is 0 Å². The highest BCUT2D eigenvalue weighted by molar-refractivity contribution is 14.0. The number of aromatic nitrogens is 1. The summed E-state index contributed by atoms with van der Waals surface area (Å²) >= 11 is 6.13. The van der Waals surface area contributed by atoms with E-state index in [9.17, 15) is 0 Å². The second-order valence-corrected chi connectivity index (χ2v) is 8.24. The number of hydrogen-bond acceptors (Lipinski definition) is 5.